The molecule has 0 unspecified atom stereocenters. The number of benzene rings is 2. The lowest BCUT2D eigenvalue weighted by Gasteiger charge is -2.11. The van der Waals surface area contributed by atoms with Crippen molar-refractivity contribution in [3.63, 3.8) is 0 Å². The summed E-state index contributed by atoms with van der Waals surface area (Å²) in [4.78, 5) is 13.2. The van der Waals surface area contributed by atoms with Crippen molar-refractivity contribution in [1.82, 2.24) is 19.2 Å². The van der Waals surface area contributed by atoms with Gasteiger partial charge >= 0.3 is 0 Å². The Morgan fingerprint density at radius 2 is 1.93 bits per heavy atom. The van der Waals surface area contributed by atoms with E-state index in [1.165, 1.54) is 11.8 Å². The number of hydrogen-bond acceptors (Lipinski definition) is 6. The molecule has 0 aliphatic carbocycles. The number of hydrogen-bond donors (Lipinski definition) is 0. The van der Waals surface area contributed by atoms with Crippen molar-refractivity contribution in [2.45, 2.75) is 11.6 Å². The number of rotatable bonds is 5. The highest BCUT2D eigenvalue weighted by atomic mass is 32.2. The van der Waals surface area contributed by atoms with Gasteiger partial charge in [0.15, 0.2) is 5.16 Å². The molecule has 0 spiro atoms. The van der Waals surface area contributed by atoms with Gasteiger partial charge < -0.3 is 4.74 Å². The van der Waals surface area contributed by atoms with Gasteiger partial charge in [0.25, 0.3) is 5.56 Å². The van der Waals surface area contributed by atoms with Crippen LogP contribution in [0.1, 0.15) is 6.42 Å². The largest absolute Gasteiger partial charge is 0.497 e. The van der Waals surface area contributed by atoms with Crippen molar-refractivity contribution in [1.29, 1.82) is 5.26 Å². The highest BCUT2D eigenvalue weighted by molar-refractivity contribution is 7.99. The first kappa shape index (κ1) is 17.1. The van der Waals surface area contributed by atoms with E-state index in [4.69, 9.17) is 10.00 Å². The number of aromatic nitrogens is 4. The summed E-state index contributed by atoms with van der Waals surface area (Å²) in [5.74, 6) is 1.74. The molecule has 8 heteroatoms. The van der Waals surface area contributed by atoms with Gasteiger partial charge in [0.05, 0.1) is 29.8 Å². The van der Waals surface area contributed by atoms with Crippen LogP contribution < -0.4 is 10.3 Å². The van der Waals surface area contributed by atoms with Gasteiger partial charge in [0, 0.05) is 12.2 Å². The Morgan fingerprint density at radius 1 is 1.15 bits per heavy atom. The number of methoxy groups -OCH3 is 1. The van der Waals surface area contributed by atoms with Crippen LogP contribution in [0.25, 0.3) is 22.4 Å². The number of ether oxygens (including phenoxy) is 1. The maximum atomic E-state index is 13.2. The minimum atomic E-state index is -0.163. The molecular formula is C19H15N5O2S. The molecule has 0 bridgehead atoms. The smallest absolute Gasteiger partial charge is 0.267 e. The van der Waals surface area contributed by atoms with Gasteiger partial charge in [0.1, 0.15) is 5.75 Å². The van der Waals surface area contributed by atoms with Crippen molar-refractivity contribution < 1.29 is 4.74 Å². The standard InChI is InChI=1S/C19H15N5O2S/c1-26-14-9-7-13(8-10-14)23-17(25)15-5-2-3-6-16(15)24-18(23)21-22-19(24)27-12-4-11-20/h2-3,5-10H,4,12H2,1H3. The minimum absolute atomic E-state index is 0.163. The van der Waals surface area contributed by atoms with Crippen LogP contribution in [0.15, 0.2) is 58.5 Å². The molecule has 0 saturated carbocycles. The second kappa shape index (κ2) is 7.13. The SMILES string of the molecule is COc1ccc(-n2c(=O)c3ccccc3n3c(SCCC#N)nnc23)cc1. The Morgan fingerprint density at radius 3 is 2.67 bits per heavy atom. The van der Waals surface area contributed by atoms with E-state index in [0.29, 0.717) is 39.9 Å². The van der Waals surface area contributed by atoms with Gasteiger partial charge in [-0.3, -0.25) is 9.20 Å². The highest BCUT2D eigenvalue weighted by Crippen LogP contribution is 2.24. The van der Waals surface area contributed by atoms with Crippen LogP contribution in [-0.4, -0.2) is 32.0 Å². The second-order valence-electron chi connectivity index (χ2n) is 5.73. The van der Waals surface area contributed by atoms with E-state index < -0.39 is 0 Å². The van der Waals surface area contributed by atoms with Crippen LogP contribution in [0.3, 0.4) is 0 Å². The maximum absolute atomic E-state index is 13.2. The number of fused-ring (bicyclic) bond motifs is 3. The van der Waals surface area contributed by atoms with Crippen LogP contribution in [-0.2, 0) is 0 Å². The molecule has 0 radical (unpaired) electrons. The molecule has 0 fully saturated rings. The Bertz CT molecular complexity index is 1220. The molecule has 134 valence electrons. The van der Waals surface area contributed by atoms with E-state index in [9.17, 15) is 4.79 Å². The third-order valence-corrected chi connectivity index (χ3v) is 5.10. The van der Waals surface area contributed by atoms with Crippen LogP contribution in [0.2, 0.25) is 0 Å². The molecule has 4 aromatic rings. The van der Waals surface area contributed by atoms with Crippen molar-refractivity contribution in [2.75, 3.05) is 12.9 Å². The second-order valence-corrected chi connectivity index (χ2v) is 6.79. The average molecular weight is 377 g/mol. The van der Waals surface area contributed by atoms with Crippen LogP contribution in [0, 0.1) is 11.3 Å². The summed E-state index contributed by atoms with van der Waals surface area (Å²) < 4.78 is 8.61. The van der Waals surface area contributed by atoms with Crippen LogP contribution in [0.4, 0.5) is 0 Å². The van der Waals surface area contributed by atoms with Gasteiger partial charge in [-0.1, -0.05) is 23.9 Å². The number of thioether (sulfide) groups is 1. The summed E-state index contributed by atoms with van der Waals surface area (Å²) in [7, 11) is 1.60. The fourth-order valence-electron chi connectivity index (χ4n) is 2.92. The molecule has 7 nitrogen and oxygen atoms in total. The number of nitriles is 1. The minimum Gasteiger partial charge on any atom is -0.497 e. The molecule has 0 aliphatic rings. The van der Waals surface area contributed by atoms with E-state index in [0.717, 1.165) is 5.52 Å². The van der Waals surface area contributed by atoms with Gasteiger partial charge in [-0.05, 0) is 36.4 Å². The molecule has 0 saturated heterocycles. The first-order valence-electron chi connectivity index (χ1n) is 8.27. The molecule has 0 atom stereocenters. The topological polar surface area (TPSA) is 85.2 Å². The zero-order valence-corrected chi connectivity index (χ0v) is 15.3. The van der Waals surface area contributed by atoms with Gasteiger partial charge in [0.2, 0.25) is 5.78 Å². The van der Waals surface area contributed by atoms with Crippen LogP contribution >= 0.6 is 11.8 Å². The Kier molecular flexibility index (Phi) is 4.52. The first-order valence-corrected chi connectivity index (χ1v) is 9.26. The summed E-state index contributed by atoms with van der Waals surface area (Å²) in [6, 6.07) is 16.7. The predicted molar refractivity (Wildman–Crippen MR) is 104 cm³/mol. The lowest BCUT2D eigenvalue weighted by molar-refractivity contribution is 0.414. The van der Waals surface area contributed by atoms with Crippen molar-refractivity contribution in [3.8, 4) is 17.5 Å². The lowest BCUT2D eigenvalue weighted by atomic mass is 10.2. The molecule has 4 rings (SSSR count). The molecule has 27 heavy (non-hydrogen) atoms. The van der Waals surface area contributed by atoms with E-state index in [1.807, 2.05) is 34.7 Å². The van der Waals surface area contributed by atoms with E-state index in [1.54, 1.807) is 29.9 Å². The molecule has 2 aromatic carbocycles. The van der Waals surface area contributed by atoms with E-state index in [-0.39, 0.29) is 5.56 Å². The fraction of sp³-hybridized carbons (Fsp3) is 0.158. The van der Waals surface area contributed by atoms with Crippen molar-refractivity contribution >= 4 is 28.4 Å². The zero-order valence-electron chi connectivity index (χ0n) is 14.5. The lowest BCUT2D eigenvalue weighted by Crippen LogP contribution is -2.21. The molecule has 0 N–H and O–H groups in total. The molecular weight excluding hydrogens is 362 g/mol. The number of para-hydroxylation sites is 1. The monoisotopic (exact) mass is 377 g/mol. The maximum Gasteiger partial charge on any atom is 0.267 e. The Hall–Kier alpha value is -3.31. The summed E-state index contributed by atoms with van der Waals surface area (Å²) in [5, 5.41) is 18.5. The first-order chi connectivity index (χ1) is 13.2. The molecule has 2 aromatic heterocycles. The normalized spacial score (nSPS) is 11.0. The van der Waals surface area contributed by atoms with Crippen molar-refractivity contribution in [3.05, 3.63) is 58.9 Å². The Labute approximate surface area is 158 Å². The third-order valence-electron chi connectivity index (χ3n) is 4.17. The summed E-state index contributed by atoms with van der Waals surface area (Å²) in [5.41, 5.74) is 1.26. The molecule has 0 aliphatic heterocycles. The van der Waals surface area contributed by atoms with Crippen LogP contribution in [0.5, 0.6) is 5.75 Å². The predicted octanol–water partition coefficient (Wildman–Crippen LogP) is 3.05. The highest BCUT2D eigenvalue weighted by Gasteiger charge is 2.17. The zero-order chi connectivity index (χ0) is 18.8. The van der Waals surface area contributed by atoms with Gasteiger partial charge in [-0.25, -0.2) is 4.57 Å². The third kappa shape index (κ3) is 2.92. The fourth-order valence-corrected chi connectivity index (χ4v) is 3.71. The van der Waals surface area contributed by atoms with E-state index >= 15 is 0 Å². The van der Waals surface area contributed by atoms with Crippen molar-refractivity contribution in [2.24, 2.45) is 0 Å². The summed E-state index contributed by atoms with van der Waals surface area (Å²) in [6.07, 6.45) is 0.412. The average Bonchev–Trinajstić information content (AvgIpc) is 3.13. The molecule has 0 amide bonds. The van der Waals surface area contributed by atoms with E-state index in [2.05, 4.69) is 16.3 Å². The van der Waals surface area contributed by atoms with Gasteiger partial charge in [-0.15, -0.1) is 10.2 Å². The summed E-state index contributed by atoms with van der Waals surface area (Å²) in [6.45, 7) is 0. The quantitative estimate of drug-likeness (QED) is 0.393. The number of nitrogens with zero attached hydrogens (tertiary/aromatic N) is 5. The summed E-state index contributed by atoms with van der Waals surface area (Å²) >= 11 is 1.44. The van der Waals surface area contributed by atoms with Gasteiger partial charge in [-0.2, -0.15) is 5.26 Å². The molecule has 2 heterocycles. The Balaban J connectivity index is 2.01.